The Hall–Kier alpha value is -1.57. The van der Waals surface area contributed by atoms with Gasteiger partial charge in [0.1, 0.15) is 0 Å². The van der Waals surface area contributed by atoms with E-state index in [1.165, 1.54) is 0 Å². The Morgan fingerprint density at radius 3 is 3.15 bits per heavy atom. The van der Waals surface area contributed by atoms with Crippen LogP contribution in [0.2, 0.25) is 0 Å². The van der Waals surface area contributed by atoms with Gasteiger partial charge in [0.25, 0.3) is 0 Å². The largest absolute Gasteiger partial charge is 0.240 e. The fourth-order valence-corrected chi connectivity index (χ4v) is 1.40. The third-order valence-corrected chi connectivity index (χ3v) is 2.23. The van der Waals surface area contributed by atoms with Crippen molar-refractivity contribution in [3.8, 4) is 0 Å². The van der Waals surface area contributed by atoms with Crippen molar-refractivity contribution >= 4 is 11.1 Å². The zero-order valence-electron chi connectivity index (χ0n) is 7.70. The average molecular weight is 172 g/mol. The molecule has 0 saturated carbocycles. The fraction of sp³-hybridized carbons (Fsp3) is 0.182. The van der Waals surface area contributed by atoms with E-state index in [9.17, 15) is 0 Å². The van der Waals surface area contributed by atoms with Crippen LogP contribution in [0, 0.1) is 0 Å². The molecule has 0 bridgehead atoms. The molecule has 2 nitrogen and oxygen atoms in total. The monoisotopic (exact) mass is 172 g/mol. The molecule has 0 spiro atoms. The topological polar surface area (TPSA) is 17.3 Å². The highest BCUT2D eigenvalue weighted by Gasteiger charge is 2.04. The van der Waals surface area contributed by atoms with Crippen LogP contribution in [0.25, 0.3) is 11.1 Å². The molecule has 0 N–H and O–H groups in total. The maximum Gasteiger partial charge on any atom is 0.0736 e. The van der Waals surface area contributed by atoms with Crippen molar-refractivity contribution in [2.45, 2.75) is 13.3 Å². The molecule has 2 aromatic heterocycles. The molecule has 0 saturated heterocycles. The second-order valence-electron chi connectivity index (χ2n) is 3.05. The molecule has 0 amide bonds. The first-order valence-corrected chi connectivity index (χ1v) is 4.43. The van der Waals surface area contributed by atoms with Crippen molar-refractivity contribution < 1.29 is 0 Å². The maximum atomic E-state index is 4.24. The van der Waals surface area contributed by atoms with Gasteiger partial charge in [0.2, 0.25) is 0 Å². The Kier molecular flexibility index (Phi) is 1.89. The van der Waals surface area contributed by atoms with Gasteiger partial charge in [0.15, 0.2) is 0 Å². The number of allylic oxidation sites excluding steroid dienone is 1. The van der Waals surface area contributed by atoms with E-state index < -0.39 is 0 Å². The summed E-state index contributed by atoms with van der Waals surface area (Å²) in [6.45, 7) is 6.12. The molecule has 66 valence electrons. The summed E-state index contributed by atoms with van der Waals surface area (Å²) in [6.07, 6.45) is 4.79. The van der Waals surface area contributed by atoms with Crippen molar-refractivity contribution in [3.05, 3.63) is 42.7 Å². The van der Waals surface area contributed by atoms with Gasteiger partial charge >= 0.3 is 0 Å². The summed E-state index contributed by atoms with van der Waals surface area (Å²) in [5, 5.41) is 4.24. The number of rotatable bonds is 2. The van der Waals surface area contributed by atoms with Crippen LogP contribution in [0.3, 0.4) is 0 Å². The summed E-state index contributed by atoms with van der Waals surface area (Å²) < 4.78 is 1.87. The van der Waals surface area contributed by atoms with Crippen LogP contribution in [0.4, 0.5) is 0 Å². The summed E-state index contributed by atoms with van der Waals surface area (Å²) in [5.74, 6) is 0. The van der Waals surface area contributed by atoms with Crippen LogP contribution < -0.4 is 0 Å². The van der Waals surface area contributed by atoms with E-state index in [0.717, 1.165) is 23.1 Å². The molecular weight excluding hydrogens is 160 g/mol. The van der Waals surface area contributed by atoms with E-state index >= 15 is 0 Å². The Balaban J connectivity index is 2.64. The molecule has 2 rings (SSSR count). The van der Waals surface area contributed by atoms with Gasteiger partial charge in [-0.3, -0.25) is 0 Å². The lowest BCUT2D eigenvalue weighted by Crippen LogP contribution is -1.84. The van der Waals surface area contributed by atoms with Crippen molar-refractivity contribution in [3.63, 3.8) is 0 Å². The van der Waals surface area contributed by atoms with Crippen LogP contribution in [0.15, 0.2) is 37.2 Å². The lowest BCUT2D eigenvalue weighted by atomic mass is 10.1. The lowest BCUT2D eigenvalue weighted by molar-refractivity contribution is 0.961. The van der Waals surface area contributed by atoms with E-state index in [0.29, 0.717) is 0 Å². The van der Waals surface area contributed by atoms with Gasteiger partial charge < -0.3 is 0 Å². The van der Waals surface area contributed by atoms with Gasteiger partial charge in [-0.05, 0) is 24.1 Å². The summed E-state index contributed by atoms with van der Waals surface area (Å²) >= 11 is 0. The van der Waals surface area contributed by atoms with E-state index in [2.05, 4.69) is 24.7 Å². The lowest BCUT2D eigenvalue weighted by Gasteiger charge is -1.98. The van der Waals surface area contributed by atoms with Gasteiger partial charge in [0, 0.05) is 11.8 Å². The predicted molar refractivity (Wildman–Crippen MR) is 54.5 cm³/mol. The van der Waals surface area contributed by atoms with Crippen molar-refractivity contribution in [2.75, 3.05) is 0 Å². The third kappa shape index (κ3) is 1.24. The molecule has 0 aromatic carbocycles. The quantitative estimate of drug-likeness (QED) is 0.680. The maximum absolute atomic E-state index is 4.24. The first-order valence-electron chi connectivity index (χ1n) is 4.43. The Labute approximate surface area is 77.5 Å². The molecule has 2 aromatic rings. The number of hydrogen-bond donors (Lipinski definition) is 0. The highest BCUT2D eigenvalue weighted by atomic mass is 15.2. The first-order chi connectivity index (χ1) is 6.33. The van der Waals surface area contributed by atoms with Crippen molar-refractivity contribution in [1.29, 1.82) is 0 Å². The standard InChI is InChI=1S/C11H12N2/c1-3-9(2)10-8-12-13-7-5-4-6-11(10)13/h4-8H,2-3H2,1H3. The summed E-state index contributed by atoms with van der Waals surface area (Å²) in [5.41, 5.74) is 3.43. The molecule has 0 radical (unpaired) electrons. The smallest absolute Gasteiger partial charge is 0.0736 e. The molecule has 13 heavy (non-hydrogen) atoms. The second kappa shape index (κ2) is 3.05. The summed E-state index contributed by atoms with van der Waals surface area (Å²) in [4.78, 5) is 0. The molecule has 2 heteroatoms. The van der Waals surface area contributed by atoms with Crippen LogP contribution in [-0.2, 0) is 0 Å². The van der Waals surface area contributed by atoms with Gasteiger partial charge in [-0.2, -0.15) is 5.10 Å². The van der Waals surface area contributed by atoms with Gasteiger partial charge in [-0.25, -0.2) is 4.52 Å². The average Bonchev–Trinajstić information content (AvgIpc) is 2.60. The van der Waals surface area contributed by atoms with Gasteiger partial charge in [-0.1, -0.05) is 19.6 Å². The fourth-order valence-electron chi connectivity index (χ4n) is 1.40. The van der Waals surface area contributed by atoms with Crippen molar-refractivity contribution in [1.82, 2.24) is 9.61 Å². The zero-order chi connectivity index (χ0) is 9.26. The van der Waals surface area contributed by atoms with Crippen LogP contribution in [0.1, 0.15) is 18.9 Å². The minimum Gasteiger partial charge on any atom is -0.240 e. The number of aromatic nitrogens is 2. The van der Waals surface area contributed by atoms with Crippen molar-refractivity contribution in [2.24, 2.45) is 0 Å². The van der Waals surface area contributed by atoms with Crippen LogP contribution >= 0.6 is 0 Å². The third-order valence-electron chi connectivity index (χ3n) is 2.23. The zero-order valence-corrected chi connectivity index (χ0v) is 7.70. The molecular formula is C11H12N2. The molecule has 0 unspecified atom stereocenters. The van der Waals surface area contributed by atoms with E-state index in [4.69, 9.17) is 0 Å². The first kappa shape index (κ1) is 8.05. The summed E-state index contributed by atoms with van der Waals surface area (Å²) in [6, 6.07) is 6.05. The number of pyridine rings is 1. The van der Waals surface area contributed by atoms with Crippen LogP contribution in [-0.4, -0.2) is 9.61 Å². The van der Waals surface area contributed by atoms with Gasteiger partial charge in [0.05, 0.1) is 11.7 Å². The molecule has 0 aliphatic rings. The van der Waals surface area contributed by atoms with Crippen LogP contribution in [0.5, 0.6) is 0 Å². The predicted octanol–water partition coefficient (Wildman–Crippen LogP) is 2.76. The van der Waals surface area contributed by atoms with E-state index in [1.54, 1.807) is 0 Å². The number of hydrogen-bond acceptors (Lipinski definition) is 1. The SMILES string of the molecule is C=C(CC)c1cnn2ccccc12. The minimum atomic E-state index is 0.968. The van der Waals surface area contributed by atoms with E-state index in [-0.39, 0.29) is 0 Å². The van der Waals surface area contributed by atoms with Gasteiger partial charge in [-0.15, -0.1) is 0 Å². The Bertz CT molecular complexity index is 440. The second-order valence-corrected chi connectivity index (χ2v) is 3.05. The highest BCUT2D eigenvalue weighted by Crippen LogP contribution is 2.20. The molecule has 0 aliphatic heterocycles. The Morgan fingerprint density at radius 1 is 1.54 bits per heavy atom. The Morgan fingerprint density at radius 2 is 2.38 bits per heavy atom. The normalized spacial score (nSPS) is 10.5. The van der Waals surface area contributed by atoms with E-state index in [1.807, 2.05) is 29.0 Å². The number of nitrogens with zero attached hydrogens (tertiary/aromatic N) is 2. The highest BCUT2D eigenvalue weighted by molar-refractivity contribution is 5.76. The number of fused-ring (bicyclic) bond motifs is 1. The minimum absolute atomic E-state index is 0.968. The molecule has 2 heterocycles. The summed E-state index contributed by atoms with van der Waals surface area (Å²) in [7, 11) is 0. The molecule has 0 aliphatic carbocycles. The molecule has 0 fully saturated rings. The molecule has 0 atom stereocenters.